The van der Waals surface area contributed by atoms with Gasteiger partial charge in [-0.05, 0) is 41.5 Å². The van der Waals surface area contributed by atoms with Crippen molar-refractivity contribution in [2.24, 2.45) is 4.99 Å². The molecule has 0 bridgehead atoms. The highest BCUT2D eigenvalue weighted by Gasteiger charge is 2.24. The number of rotatable bonds is 6. The number of benzene rings is 2. The number of hydrogen-bond acceptors (Lipinski definition) is 4. The minimum atomic E-state index is -0.288. The summed E-state index contributed by atoms with van der Waals surface area (Å²) in [6.45, 7) is 1.16. The Morgan fingerprint density at radius 1 is 1.09 bits per heavy atom. The number of aliphatic imine (C=N–C) groups is 1. The zero-order chi connectivity index (χ0) is 22.3. The van der Waals surface area contributed by atoms with E-state index in [1.165, 1.54) is 6.26 Å². The van der Waals surface area contributed by atoms with Crippen LogP contribution in [0.5, 0.6) is 0 Å². The number of nitrogens with zero attached hydrogens (tertiary/aromatic N) is 1. The fourth-order valence-corrected chi connectivity index (χ4v) is 3.62. The van der Waals surface area contributed by atoms with Crippen molar-refractivity contribution in [1.82, 2.24) is 10.6 Å². The number of para-hydroxylation sites is 1. The molecular weight excluding hydrogens is 406 g/mol. The van der Waals surface area contributed by atoms with Gasteiger partial charge in [0.25, 0.3) is 5.91 Å². The van der Waals surface area contributed by atoms with Crippen molar-refractivity contribution < 1.29 is 14.0 Å². The number of fused-ring (bicyclic) bond motifs is 1. The number of carbonyl (C=O) groups is 2. The van der Waals surface area contributed by atoms with Crippen molar-refractivity contribution in [3.05, 3.63) is 83.8 Å². The summed E-state index contributed by atoms with van der Waals surface area (Å²) in [5, 5.41) is 12.3. The minimum Gasteiger partial charge on any atom is -0.459 e. The summed E-state index contributed by atoms with van der Waals surface area (Å²) in [6.07, 6.45) is 1.90. The van der Waals surface area contributed by atoms with E-state index in [0.29, 0.717) is 31.2 Å². The first kappa shape index (κ1) is 21.2. The van der Waals surface area contributed by atoms with E-state index in [4.69, 9.17) is 4.42 Å². The third-order valence-electron chi connectivity index (χ3n) is 5.26. The summed E-state index contributed by atoms with van der Waals surface area (Å²) < 4.78 is 5.10. The molecule has 1 aliphatic rings. The lowest BCUT2D eigenvalue weighted by Crippen LogP contribution is -2.40. The number of nitrogens with one attached hydrogen (secondary N) is 4. The van der Waals surface area contributed by atoms with Gasteiger partial charge < -0.3 is 25.7 Å². The summed E-state index contributed by atoms with van der Waals surface area (Å²) in [6, 6.07) is 18.7. The summed E-state index contributed by atoms with van der Waals surface area (Å²) in [4.78, 5) is 28.3. The Bertz CT molecular complexity index is 1110. The lowest BCUT2D eigenvalue weighted by Gasteiger charge is -2.26. The van der Waals surface area contributed by atoms with Crippen LogP contribution in [0, 0.1) is 0 Å². The van der Waals surface area contributed by atoms with Gasteiger partial charge in [0, 0.05) is 43.9 Å². The van der Waals surface area contributed by atoms with Gasteiger partial charge in [0.1, 0.15) is 0 Å². The molecule has 1 unspecified atom stereocenters. The van der Waals surface area contributed by atoms with Crippen molar-refractivity contribution in [2.45, 2.75) is 18.9 Å². The number of anilines is 2. The van der Waals surface area contributed by atoms with E-state index in [1.54, 1.807) is 19.2 Å². The Hall–Kier alpha value is -4.07. The van der Waals surface area contributed by atoms with Crippen LogP contribution in [0.3, 0.4) is 0 Å². The molecule has 0 saturated carbocycles. The average Bonchev–Trinajstić information content (AvgIpc) is 3.35. The number of amides is 2. The molecule has 1 atom stereocenters. The predicted octanol–water partition coefficient (Wildman–Crippen LogP) is 3.32. The molecule has 32 heavy (non-hydrogen) atoms. The van der Waals surface area contributed by atoms with Gasteiger partial charge >= 0.3 is 0 Å². The molecule has 8 heteroatoms. The molecule has 4 rings (SSSR count). The second-order valence-electron chi connectivity index (χ2n) is 7.47. The van der Waals surface area contributed by atoms with E-state index in [2.05, 4.69) is 26.3 Å². The maximum absolute atomic E-state index is 12.0. The Morgan fingerprint density at radius 2 is 1.91 bits per heavy atom. The van der Waals surface area contributed by atoms with E-state index in [0.717, 1.165) is 16.8 Å². The molecular formula is C24H25N5O3. The first-order valence-electron chi connectivity index (χ1n) is 10.4. The van der Waals surface area contributed by atoms with Crippen LogP contribution in [-0.4, -0.2) is 31.4 Å². The predicted molar refractivity (Wildman–Crippen MR) is 124 cm³/mol. The fourth-order valence-electron chi connectivity index (χ4n) is 3.62. The van der Waals surface area contributed by atoms with E-state index in [9.17, 15) is 9.59 Å². The average molecular weight is 431 g/mol. The van der Waals surface area contributed by atoms with Crippen LogP contribution in [0.15, 0.2) is 76.3 Å². The summed E-state index contributed by atoms with van der Waals surface area (Å²) in [5.41, 5.74) is 3.72. The van der Waals surface area contributed by atoms with Crippen LogP contribution >= 0.6 is 0 Å². The van der Waals surface area contributed by atoms with Gasteiger partial charge in [-0.1, -0.05) is 30.3 Å². The molecule has 0 fully saturated rings. The van der Waals surface area contributed by atoms with Crippen LogP contribution in [-0.2, 0) is 11.3 Å². The lowest BCUT2D eigenvalue weighted by molar-refractivity contribution is -0.116. The van der Waals surface area contributed by atoms with Crippen molar-refractivity contribution in [2.75, 3.05) is 24.2 Å². The molecule has 164 valence electrons. The quantitative estimate of drug-likeness (QED) is 0.354. The topological polar surface area (TPSA) is 108 Å². The largest absolute Gasteiger partial charge is 0.459 e. The second-order valence-corrected chi connectivity index (χ2v) is 7.47. The zero-order valence-electron chi connectivity index (χ0n) is 17.7. The molecule has 0 saturated heterocycles. The van der Waals surface area contributed by atoms with Crippen LogP contribution in [0.4, 0.5) is 11.4 Å². The van der Waals surface area contributed by atoms with Gasteiger partial charge in [0.15, 0.2) is 11.7 Å². The SMILES string of the molecule is CN=C(NCc1ccc(NC(=O)c2ccco2)cc1)NCC1CC(=O)Nc2ccccc21. The molecule has 8 nitrogen and oxygen atoms in total. The van der Waals surface area contributed by atoms with Crippen LogP contribution in [0.25, 0.3) is 0 Å². The van der Waals surface area contributed by atoms with Crippen LogP contribution in [0.1, 0.15) is 34.0 Å². The Labute approximate surface area is 186 Å². The minimum absolute atomic E-state index is 0.0256. The fraction of sp³-hybridized carbons (Fsp3) is 0.208. The smallest absolute Gasteiger partial charge is 0.291 e. The molecule has 2 amide bonds. The highest BCUT2D eigenvalue weighted by atomic mass is 16.3. The van der Waals surface area contributed by atoms with Crippen molar-refractivity contribution in [3.8, 4) is 0 Å². The summed E-state index contributed by atoms with van der Waals surface area (Å²) >= 11 is 0. The van der Waals surface area contributed by atoms with Crippen LogP contribution < -0.4 is 21.3 Å². The molecule has 4 N–H and O–H groups in total. The molecule has 0 radical (unpaired) electrons. The van der Waals surface area contributed by atoms with Crippen LogP contribution in [0.2, 0.25) is 0 Å². The van der Waals surface area contributed by atoms with E-state index in [1.807, 2.05) is 48.5 Å². The van der Waals surface area contributed by atoms with Gasteiger partial charge in [-0.25, -0.2) is 0 Å². The highest BCUT2D eigenvalue weighted by Crippen LogP contribution is 2.31. The molecule has 0 aliphatic carbocycles. The van der Waals surface area contributed by atoms with Crippen molar-refractivity contribution in [3.63, 3.8) is 0 Å². The number of guanidine groups is 1. The number of furan rings is 1. The number of carbonyl (C=O) groups excluding carboxylic acids is 2. The third kappa shape index (κ3) is 5.15. The first-order valence-corrected chi connectivity index (χ1v) is 10.4. The molecule has 1 aliphatic heterocycles. The van der Waals surface area contributed by atoms with E-state index < -0.39 is 0 Å². The zero-order valence-corrected chi connectivity index (χ0v) is 17.7. The Balaban J connectivity index is 1.28. The standard InChI is InChI=1S/C24H25N5O3/c1-25-24(27-15-17-13-22(30)29-20-6-3-2-5-19(17)20)26-14-16-8-10-18(11-9-16)28-23(31)21-7-4-12-32-21/h2-12,17H,13-15H2,1H3,(H,28,31)(H,29,30)(H2,25,26,27). The van der Waals surface area contributed by atoms with E-state index >= 15 is 0 Å². The maximum atomic E-state index is 12.0. The maximum Gasteiger partial charge on any atom is 0.291 e. The molecule has 2 aromatic carbocycles. The summed E-state index contributed by atoms with van der Waals surface area (Å²) in [5.74, 6) is 0.740. The molecule has 3 aromatic rings. The highest BCUT2D eigenvalue weighted by molar-refractivity contribution is 6.02. The third-order valence-corrected chi connectivity index (χ3v) is 5.26. The normalized spacial score (nSPS) is 15.5. The molecule has 0 spiro atoms. The van der Waals surface area contributed by atoms with Gasteiger partial charge in [-0.3, -0.25) is 14.6 Å². The number of hydrogen-bond donors (Lipinski definition) is 4. The first-order chi connectivity index (χ1) is 15.6. The molecule has 2 heterocycles. The Kier molecular flexibility index (Phi) is 6.50. The van der Waals surface area contributed by atoms with Gasteiger partial charge in [-0.15, -0.1) is 0 Å². The van der Waals surface area contributed by atoms with Gasteiger partial charge in [0.05, 0.1) is 6.26 Å². The second kappa shape index (κ2) is 9.82. The van der Waals surface area contributed by atoms with E-state index in [-0.39, 0.29) is 23.5 Å². The van der Waals surface area contributed by atoms with Crippen molar-refractivity contribution in [1.29, 1.82) is 0 Å². The lowest BCUT2D eigenvalue weighted by atomic mass is 9.90. The molecule has 1 aromatic heterocycles. The summed E-state index contributed by atoms with van der Waals surface area (Å²) in [7, 11) is 1.71. The van der Waals surface area contributed by atoms with Crippen molar-refractivity contribution >= 4 is 29.1 Å². The monoisotopic (exact) mass is 431 g/mol. The van der Waals surface area contributed by atoms with Gasteiger partial charge in [0.2, 0.25) is 5.91 Å². The Morgan fingerprint density at radius 3 is 2.66 bits per heavy atom. The van der Waals surface area contributed by atoms with Gasteiger partial charge in [-0.2, -0.15) is 0 Å².